The Morgan fingerprint density at radius 1 is 1.09 bits per heavy atom. The van der Waals surface area contributed by atoms with Crippen LogP contribution in [0.4, 0.5) is 15.9 Å². The lowest BCUT2D eigenvalue weighted by Crippen LogP contribution is -2.30. The summed E-state index contributed by atoms with van der Waals surface area (Å²) >= 11 is 0. The van der Waals surface area contributed by atoms with Crippen LogP contribution in [-0.2, 0) is 10.0 Å². The van der Waals surface area contributed by atoms with Crippen LogP contribution in [0.25, 0.3) is 10.9 Å². The third-order valence-electron chi connectivity index (χ3n) is 6.07. The summed E-state index contributed by atoms with van der Waals surface area (Å²) in [5.74, 6) is 0.0279. The van der Waals surface area contributed by atoms with E-state index in [9.17, 15) is 17.6 Å². The molecule has 0 bridgehead atoms. The molecule has 0 saturated carbocycles. The molecular formula is C25H29FN4O3S. The van der Waals surface area contributed by atoms with Crippen molar-refractivity contribution in [2.45, 2.75) is 39.2 Å². The van der Waals surface area contributed by atoms with Crippen LogP contribution >= 0.6 is 0 Å². The van der Waals surface area contributed by atoms with E-state index >= 15 is 0 Å². The molecule has 1 saturated heterocycles. The van der Waals surface area contributed by atoms with Crippen LogP contribution in [-0.4, -0.2) is 38.7 Å². The van der Waals surface area contributed by atoms with Crippen LogP contribution in [0.5, 0.6) is 0 Å². The van der Waals surface area contributed by atoms with Gasteiger partial charge in [0.15, 0.2) is 0 Å². The quantitative estimate of drug-likeness (QED) is 0.536. The maximum absolute atomic E-state index is 14.7. The summed E-state index contributed by atoms with van der Waals surface area (Å²) in [6.07, 6.45) is 4.61. The third kappa shape index (κ3) is 5.47. The molecule has 0 spiro atoms. The number of aromatic nitrogens is 1. The van der Waals surface area contributed by atoms with E-state index in [2.05, 4.69) is 14.9 Å². The summed E-state index contributed by atoms with van der Waals surface area (Å²) in [6, 6.07) is 11.4. The number of halogens is 1. The van der Waals surface area contributed by atoms with E-state index in [1.54, 1.807) is 32.0 Å². The summed E-state index contributed by atoms with van der Waals surface area (Å²) in [7, 11) is -3.53. The molecule has 1 fully saturated rings. The zero-order chi connectivity index (χ0) is 24.5. The van der Waals surface area contributed by atoms with Gasteiger partial charge in [-0.1, -0.05) is 0 Å². The van der Waals surface area contributed by atoms with E-state index in [4.69, 9.17) is 4.98 Å². The average molecular weight is 485 g/mol. The molecule has 1 aromatic heterocycles. The lowest BCUT2D eigenvalue weighted by molar-refractivity contribution is 0.0939. The normalized spacial score (nSPS) is 15.2. The zero-order valence-electron chi connectivity index (χ0n) is 19.6. The Morgan fingerprint density at radius 3 is 2.53 bits per heavy atom. The van der Waals surface area contributed by atoms with Gasteiger partial charge in [0.2, 0.25) is 10.0 Å². The molecule has 180 valence electrons. The second-order valence-corrected chi connectivity index (χ2v) is 10.6. The highest BCUT2D eigenvalue weighted by atomic mass is 32.2. The average Bonchev–Trinajstić information content (AvgIpc) is 2.80. The van der Waals surface area contributed by atoms with Crippen molar-refractivity contribution >= 4 is 38.3 Å². The Balaban J connectivity index is 1.50. The fourth-order valence-electron chi connectivity index (χ4n) is 4.26. The Morgan fingerprint density at radius 2 is 1.82 bits per heavy atom. The molecular weight excluding hydrogens is 455 g/mol. The number of rotatable bonds is 6. The van der Waals surface area contributed by atoms with Crippen molar-refractivity contribution in [1.29, 1.82) is 0 Å². The zero-order valence-corrected chi connectivity index (χ0v) is 20.4. The third-order valence-corrected chi connectivity index (χ3v) is 6.66. The number of fused-ring (bicyclic) bond motifs is 1. The van der Waals surface area contributed by atoms with Gasteiger partial charge in [-0.3, -0.25) is 9.52 Å². The summed E-state index contributed by atoms with van der Waals surface area (Å²) in [4.78, 5) is 19.9. The number of carbonyl (C=O) groups excluding carboxylic acids is 1. The first kappa shape index (κ1) is 23.9. The molecule has 2 aromatic carbocycles. The van der Waals surface area contributed by atoms with Gasteiger partial charge in [-0.05, 0) is 81.1 Å². The summed E-state index contributed by atoms with van der Waals surface area (Å²) in [5, 5.41) is 3.69. The van der Waals surface area contributed by atoms with Gasteiger partial charge in [0.25, 0.3) is 5.91 Å². The highest BCUT2D eigenvalue weighted by Crippen LogP contribution is 2.26. The lowest BCUT2D eigenvalue weighted by Gasteiger charge is -2.27. The molecule has 4 rings (SSSR count). The first-order valence-corrected chi connectivity index (χ1v) is 13.2. The van der Waals surface area contributed by atoms with Crippen LogP contribution < -0.4 is 14.9 Å². The summed E-state index contributed by atoms with van der Waals surface area (Å²) < 4.78 is 40.0. The van der Waals surface area contributed by atoms with E-state index in [-0.39, 0.29) is 17.2 Å². The van der Waals surface area contributed by atoms with Gasteiger partial charge >= 0.3 is 0 Å². The smallest absolute Gasteiger partial charge is 0.251 e. The molecule has 2 N–H and O–H groups in total. The van der Waals surface area contributed by atoms with E-state index in [0.29, 0.717) is 11.1 Å². The number of carbonyl (C=O) groups is 1. The van der Waals surface area contributed by atoms with Gasteiger partial charge < -0.3 is 10.2 Å². The maximum Gasteiger partial charge on any atom is 0.251 e. The minimum Gasteiger partial charge on any atom is -0.357 e. The number of benzene rings is 2. The molecule has 1 atom stereocenters. The number of anilines is 2. The molecule has 0 radical (unpaired) electrons. The minimum atomic E-state index is -3.53. The number of hydrogen-bond acceptors (Lipinski definition) is 5. The maximum atomic E-state index is 14.7. The predicted molar refractivity (Wildman–Crippen MR) is 133 cm³/mol. The van der Waals surface area contributed by atoms with Crippen LogP contribution in [0.2, 0.25) is 0 Å². The van der Waals surface area contributed by atoms with Crippen molar-refractivity contribution in [1.82, 2.24) is 10.3 Å². The van der Waals surface area contributed by atoms with Crippen molar-refractivity contribution in [2.75, 3.05) is 29.0 Å². The van der Waals surface area contributed by atoms with Gasteiger partial charge in [0, 0.05) is 29.6 Å². The Bertz CT molecular complexity index is 1340. The number of nitrogens with one attached hydrogen (secondary N) is 2. The predicted octanol–water partition coefficient (Wildman–Crippen LogP) is 4.54. The largest absolute Gasteiger partial charge is 0.357 e. The van der Waals surface area contributed by atoms with Gasteiger partial charge in [-0.25, -0.2) is 17.8 Å². The second-order valence-electron chi connectivity index (χ2n) is 8.88. The summed E-state index contributed by atoms with van der Waals surface area (Å²) in [6.45, 7) is 5.39. The van der Waals surface area contributed by atoms with Gasteiger partial charge in [0.1, 0.15) is 11.6 Å². The highest BCUT2D eigenvalue weighted by molar-refractivity contribution is 7.92. The molecule has 3 aromatic rings. The van der Waals surface area contributed by atoms with Crippen molar-refractivity contribution in [3.63, 3.8) is 0 Å². The van der Waals surface area contributed by atoms with E-state index in [1.807, 2.05) is 18.2 Å². The minimum absolute atomic E-state index is 0.174. The number of aryl methyl sites for hydroxylation is 1. The number of amides is 1. The first-order chi connectivity index (χ1) is 16.1. The SMILES string of the molecule is Cc1cc([C@@H](C)NC(=O)c2ccc3nc(N4CCCCC4)ccc3c2)c(F)cc1NS(C)(=O)=O. The number of pyridine rings is 1. The molecule has 34 heavy (non-hydrogen) atoms. The van der Waals surface area contributed by atoms with Gasteiger partial charge in [0.05, 0.1) is 23.5 Å². The standard InChI is InChI=1S/C25H29FN4O3S/c1-16-13-20(21(26)15-23(16)29-34(3,32)33)17(2)27-25(31)19-7-9-22-18(14-19)8-10-24(28-22)30-11-5-4-6-12-30/h7-10,13-15,17,29H,4-6,11-12H2,1-3H3,(H,27,31)/t17-/m1/s1. The van der Waals surface area contributed by atoms with Gasteiger partial charge in [-0.15, -0.1) is 0 Å². The topological polar surface area (TPSA) is 91.4 Å². The fourth-order valence-corrected chi connectivity index (χ4v) is 4.88. The Labute approximate surface area is 199 Å². The number of hydrogen-bond donors (Lipinski definition) is 2. The van der Waals surface area contributed by atoms with Crippen LogP contribution in [0.1, 0.15) is 53.7 Å². The van der Waals surface area contributed by atoms with Crippen molar-refractivity contribution < 1.29 is 17.6 Å². The van der Waals surface area contributed by atoms with Crippen molar-refractivity contribution in [3.05, 3.63) is 65.0 Å². The van der Waals surface area contributed by atoms with E-state index in [0.717, 1.165) is 42.1 Å². The molecule has 9 heteroatoms. The molecule has 2 heterocycles. The summed E-state index contributed by atoms with van der Waals surface area (Å²) in [5.41, 5.74) is 2.29. The highest BCUT2D eigenvalue weighted by Gasteiger charge is 2.18. The molecule has 1 aliphatic rings. The molecule has 1 aliphatic heterocycles. The van der Waals surface area contributed by atoms with Crippen molar-refractivity contribution in [3.8, 4) is 0 Å². The fraction of sp³-hybridized carbons (Fsp3) is 0.360. The molecule has 1 amide bonds. The van der Waals surface area contributed by atoms with Crippen LogP contribution in [0.3, 0.4) is 0 Å². The Kier molecular flexibility index (Phi) is 6.74. The van der Waals surface area contributed by atoms with Gasteiger partial charge in [-0.2, -0.15) is 0 Å². The molecule has 0 aliphatic carbocycles. The monoisotopic (exact) mass is 484 g/mol. The van der Waals surface area contributed by atoms with Crippen molar-refractivity contribution in [2.24, 2.45) is 0 Å². The molecule has 7 nitrogen and oxygen atoms in total. The van der Waals surface area contributed by atoms with Crippen LogP contribution in [0, 0.1) is 12.7 Å². The lowest BCUT2D eigenvalue weighted by atomic mass is 10.0. The Hall–Kier alpha value is -3.20. The molecule has 0 unspecified atom stereocenters. The van der Waals surface area contributed by atoms with E-state index < -0.39 is 21.9 Å². The number of sulfonamides is 1. The number of piperidine rings is 1. The second kappa shape index (κ2) is 9.58. The number of nitrogens with zero attached hydrogens (tertiary/aromatic N) is 2. The first-order valence-electron chi connectivity index (χ1n) is 11.4. The van der Waals surface area contributed by atoms with Crippen LogP contribution in [0.15, 0.2) is 42.5 Å². The van der Waals surface area contributed by atoms with E-state index in [1.165, 1.54) is 19.3 Å².